The fraction of sp³-hybridized carbons (Fsp3) is 0.0800. The number of carbonyl (C=O) groups is 1. The van der Waals surface area contributed by atoms with Crippen LogP contribution < -0.4 is 9.47 Å². The van der Waals surface area contributed by atoms with Crippen molar-refractivity contribution in [2.45, 2.75) is 6.92 Å². The molecule has 3 heteroatoms. The zero-order valence-corrected chi connectivity index (χ0v) is 15.6. The van der Waals surface area contributed by atoms with E-state index in [1.165, 1.54) is 0 Å². The zero-order valence-electron chi connectivity index (χ0n) is 15.6. The van der Waals surface area contributed by atoms with Gasteiger partial charge in [-0.3, -0.25) is 4.79 Å². The number of ketones is 1. The largest absolute Gasteiger partial charge is 0.489 e. The van der Waals surface area contributed by atoms with Crippen LogP contribution in [0.4, 0.5) is 0 Å². The van der Waals surface area contributed by atoms with Crippen LogP contribution in [0.1, 0.15) is 27.0 Å². The summed E-state index contributed by atoms with van der Waals surface area (Å²) in [5.74, 6) is 1.53. The average molecular weight is 368 g/mol. The summed E-state index contributed by atoms with van der Waals surface area (Å²) >= 11 is 0. The smallest absolute Gasteiger partial charge is 0.231 e. The van der Waals surface area contributed by atoms with Crippen molar-refractivity contribution in [3.8, 4) is 11.5 Å². The fourth-order valence-electron chi connectivity index (χ4n) is 3.11. The minimum absolute atomic E-state index is 0.0996. The summed E-state index contributed by atoms with van der Waals surface area (Å²) in [6.45, 7) is 2.35. The molecule has 3 aromatic rings. The molecule has 0 aromatic heterocycles. The van der Waals surface area contributed by atoms with Crippen molar-refractivity contribution >= 4 is 17.9 Å². The highest BCUT2D eigenvalue weighted by molar-refractivity contribution is 6.14. The van der Waals surface area contributed by atoms with Gasteiger partial charge in [-0.1, -0.05) is 66.7 Å². The van der Waals surface area contributed by atoms with Gasteiger partial charge in [0.2, 0.25) is 5.78 Å². The minimum Gasteiger partial charge on any atom is -0.489 e. The van der Waals surface area contributed by atoms with Crippen molar-refractivity contribution in [3.63, 3.8) is 0 Å². The van der Waals surface area contributed by atoms with Crippen LogP contribution in [-0.2, 0) is 0 Å². The monoisotopic (exact) mass is 368 g/mol. The van der Waals surface area contributed by atoms with Gasteiger partial charge < -0.3 is 9.47 Å². The van der Waals surface area contributed by atoms with E-state index in [4.69, 9.17) is 9.47 Å². The fourth-order valence-corrected chi connectivity index (χ4v) is 3.11. The predicted molar refractivity (Wildman–Crippen MR) is 112 cm³/mol. The Bertz CT molecular complexity index is 1050. The van der Waals surface area contributed by atoms with Gasteiger partial charge in [-0.25, -0.2) is 0 Å². The number of benzene rings is 3. The van der Waals surface area contributed by atoms with Crippen LogP contribution in [0.25, 0.3) is 12.2 Å². The normalized spacial score (nSPS) is 14.3. The molecule has 4 rings (SSSR count). The first-order chi connectivity index (χ1) is 13.7. The predicted octanol–water partition coefficient (Wildman–Crippen LogP) is 5.70. The Hall–Kier alpha value is -3.59. The van der Waals surface area contributed by atoms with E-state index >= 15 is 0 Å². The van der Waals surface area contributed by atoms with Gasteiger partial charge in [-0.05, 0) is 42.3 Å². The lowest BCUT2D eigenvalue weighted by molar-refractivity contribution is 0.101. The number of hydrogen-bond donors (Lipinski definition) is 0. The van der Waals surface area contributed by atoms with Crippen LogP contribution in [0.5, 0.6) is 11.5 Å². The molecular weight excluding hydrogens is 348 g/mol. The first-order valence-corrected chi connectivity index (χ1v) is 9.19. The summed E-state index contributed by atoms with van der Waals surface area (Å²) in [5, 5.41) is 0. The molecule has 0 aliphatic carbocycles. The third-order valence-electron chi connectivity index (χ3n) is 4.58. The Morgan fingerprint density at radius 3 is 2.29 bits per heavy atom. The Balaban J connectivity index is 1.49. The molecule has 28 heavy (non-hydrogen) atoms. The lowest BCUT2D eigenvalue weighted by atomic mass is 10.1. The molecule has 0 radical (unpaired) electrons. The first-order valence-electron chi connectivity index (χ1n) is 9.19. The van der Waals surface area contributed by atoms with Crippen molar-refractivity contribution in [1.29, 1.82) is 0 Å². The number of Topliss-reactive ketones (excluding diaryl/α,β-unsaturated/α-hetero) is 1. The van der Waals surface area contributed by atoms with E-state index in [2.05, 4.69) is 0 Å². The van der Waals surface area contributed by atoms with Crippen molar-refractivity contribution in [2.75, 3.05) is 6.61 Å². The van der Waals surface area contributed by atoms with Crippen molar-refractivity contribution in [1.82, 2.24) is 0 Å². The molecule has 1 heterocycles. The molecule has 0 N–H and O–H groups in total. The van der Waals surface area contributed by atoms with Crippen molar-refractivity contribution in [2.24, 2.45) is 0 Å². The lowest BCUT2D eigenvalue weighted by Gasteiger charge is -2.10. The van der Waals surface area contributed by atoms with Gasteiger partial charge in [0.05, 0.1) is 5.56 Å². The molecule has 138 valence electrons. The number of hydrogen-bond acceptors (Lipinski definition) is 3. The van der Waals surface area contributed by atoms with Crippen LogP contribution in [0.2, 0.25) is 0 Å². The standard InChI is InChI=1S/C25H20O3/c1-18-22(27-16-8-13-19-9-4-2-5-10-19)15-14-21-24(26)23(28-25(18)21)17-20-11-6-3-7-12-20/h2-15,17H,16H2,1H3/b13-8+,23-17-. The summed E-state index contributed by atoms with van der Waals surface area (Å²) in [6, 6.07) is 23.3. The summed E-state index contributed by atoms with van der Waals surface area (Å²) < 4.78 is 11.8. The van der Waals surface area contributed by atoms with Gasteiger partial charge in [0.25, 0.3) is 0 Å². The van der Waals surface area contributed by atoms with Crippen LogP contribution in [0, 0.1) is 6.92 Å². The van der Waals surface area contributed by atoms with Crippen LogP contribution in [-0.4, -0.2) is 12.4 Å². The van der Waals surface area contributed by atoms with Gasteiger partial charge >= 0.3 is 0 Å². The second-order valence-electron chi connectivity index (χ2n) is 6.54. The van der Waals surface area contributed by atoms with Crippen LogP contribution in [0.3, 0.4) is 0 Å². The molecule has 0 saturated carbocycles. The second kappa shape index (κ2) is 7.97. The third kappa shape index (κ3) is 3.74. The van der Waals surface area contributed by atoms with Crippen LogP contribution in [0.15, 0.2) is 84.6 Å². The first kappa shape index (κ1) is 17.8. The van der Waals surface area contributed by atoms with Crippen molar-refractivity contribution < 1.29 is 14.3 Å². The van der Waals surface area contributed by atoms with Crippen molar-refractivity contribution in [3.05, 3.63) is 107 Å². The number of allylic oxidation sites excluding steroid dienone is 1. The summed E-state index contributed by atoms with van der Waals surface area (Å²) in [4.78, 5) is 12.6. The topological polar surface area (TPSA) is 35.5 Å². The summed E-state index contributed by atoms with van der Waals surface area (Å²) in [7, 11) is 0. The van der Waals surface area contributed by atoms with E-state index in [0.717, 1.165) is 16.7 Å². The highest BCUT2D eigenvalue weighted by Gasteiger charge is 2.30. The maximum atomic E-state index is 12.6. The van der Waals surface area contributed by atoms with E-state index < -0.39 is 0 Å². The second-order valence-corrected chi connectivity index (χ2v) is 6.54. The van der Waals surface area contributed by atoms with Gasteiger partial charge in [-0.15, -0.1) is 0 Å². The molecule has 0 spiro atoms. The highest BCUT2D eigenvalue weighted by atomic mass is 16.5. The molecule has 0 bridgehead atoms. The third-order valence-corrected chi connectivity index (χ3v) is 4.58. The van der Waals surface area contributed by atoms with E-state index in [1.54, 1.807) is 12.1 Å². The zero-order chi connectivity index (χ0) is 19.3. The van der Waals surface area contributed by atoms with Gasteiger partial charge in [-0.2, -0.15) is 0 Å². The quantitative estimate of drug-likeness (QED) is 0.542. The Morgan fingerprint density at radius 2 is 1.57 bits per heavy atom. The molecule has 0 saturated heterocycles. The minimum atomic E-state index is -0.0996. The SMILES string of the molecule is Cc1c(OC/C=C/c2ccccc2)ccc2c1O/C(=C\c1ccccc1)C2=O. The van der Waals surface area contributed by atoms with Gasteiger partial charge in [0.1, 0.15) is 18.1 Å². The number of rotatable bonds is 5. The summed E-state index contributed by atoms with van der Waals surface area (Å²) in [6.07, 6.45) is 5.75. The van der Waals surface area contributed by atoms with E-state index in [9.17, 15) is 4.79 Å². The Morgan fingerprint density at radius 1 is 0.893 bits per heavy atom. The van der Waals surface area contributed by atoms with E-state index in [1.807, 2.05) is 85.8 Å². The van der Waals surface area contributed by atoms with E-state index in [0.29, 0.717) is 29.4 Å². The molecule has 0 atom stereocenters. The molecule has 1 aliphatic rings. The molecule has 3 nitrogen and oxygen atoms in total. The molecule has 0 amide bonds. The van der Waals surface area contributed by atoms with Gasteiger partial charge in [0, 0.05) is 5.56 Å². The lowest BCUT2D eigenvalue weighted by Crippen LogP contribution is -1.98. The average Bonchev–Trinajstić information content (AvgIpc) is 3.05. The summed E-state index contributed by atoms with van der Waals surface area (Å²) in [5.41, 5.74) is 3.46. The Labute approximate surface area is 164 Å². The number of fused-ring (bicyclic) bond motifs is 1. The number of ether oxygens (including phenoxy) is 2. The molecular formula is C25H20O3. The van der Waals surface area contributed by atoms with Gasteiger partial charge in [0.15, 0.2) is 5.76 Å². The maximum Gasteiger partial charge on any atom is 0.231 e. The number of carbonyl (C=O) groups excluding carboxylic acids is 1. The molecule has 0 unspecified atom stereocenters. The van der Waals surface area contributed by atoms with Crippen LogP contribution >= 0.6 is 0 Å². The Kier molecular flexibility index (Phi) is 5.07. The molecule has 1 aliphatic heterocycles. The highest BCUT2D eigenvalue weighted by Crippen LogP contribution is 2.39. The molecule has 3 aromatic carbocycles. The van der Waals surface area contributed by atoms with E-state index in [-0.39, 0.29) is 5.78 Å². The molecule has 0 fully saturated rings. The maximum absolute atomic E-state index is 12.6.